The zero-order chi connectivity index (χ0) is 8.55. The van der Waals surface area contributed by atoms with Crippen molar-refractivity contribution < 1.29 is 0 Å². The van der Waals surface area contributed by atoms with Crippen LogP contribution in [0.1, 0.15) is 30.6 Å². The van der Waals surface area contributed by atoms with Gasteiger partial charge < -0.3 is 4.57 Å². The summed E-state index contributed by atoms with van der Waals surface area (Å²) in [5.41, 5.74) is 2.60. The molecule has 0 aliphatic heterocycles. The Bertz CT molecular complexity index is 321. The lowest BCUT2D eigenvalue weighted by Gasteiger charge is -2.07. The summed E-state index contributed by atoms with van der Waals surface area (Å²) in [6.45, 7) is 5.27. The second kappa shape index (κ2) is 2.77. The smallest absolute Gasteiger partial charge is 0.106 e. The van der Waals surface area contributed by atoms with Crippen molar-refractivity contribution in [2.24, 2.45) is 0 Å². The quantitative estimate of drug-likeness (QED) is 0.618. The molecule has 0 aromatic carbocycles. The molecule has 2 heteroatoms. The largest absolute Gasteiger partial charge is 0.329 e. The van der Waals surface area contributed by atoms with E-state index in [1.165, 1.54) is 11.4 Å². The van der Waals surface area contributed by atoms with Crippen molar-refractivity contribution in [3.05, 3.63) is 23.3 Å². The van der Waals surface area contributed by atoms with E-state index in [1.807, 2.05) is 0 Å². The van der Waals surface area contributed by atoms with Crippen LogP contribution in [0.4, 0.5) is 0 Å². The molecule has 12 heavy (non-hydrogen) atoms. The van der Waals surface area contributed by atoms with Crippen molar-refractivity contribution in [3.63, 3.8) is 0 Å². The molecule has 64 valence electrons. The summed E-state index contributed by atoms with van der Waals surface area (Å²) in [4.78, 5) is 4.53. The summed E-state index contributed by atoms with van der Waals surface area (Å²) in [7, 11) is 0. The van der Waals surface area contributed by atoms with Gasteiger partial charge in [-0.3, -0.25) is 0 Å². The van der Waals surface area contributed by atoms with Crippen LogP contribution < -0.4 is 0 Å². The highest BCUT2D eigenvalue weighted by Gasteiger charge is 2.12. The molecule has 0 atom stereocenters. The fourth-order valence-electron chi connectivity index (χ4n) is 1.83. The molecule has 1 aliphatic rings. The lowest BCUT2D eigenvalue weighted by molar-refractivity contribution is 0.722. The van der Waals surface area contributed by atoms with E-state index < -0.39 is 0 Å². The zero-order valence-corrected chi connectivity index (χ0v) is 7.67. The third-order valence-corrected chi connectivity index (χ3v) is 2.41. The average Bonchev–Trinajstić information content (AvgIpc) is 2.40. The molecule has 1 heterocycles. The topological polar surface area (TPSA) is 17.8 Å². The van der Waals surface area contributed by atoms with Crippen LogP contribution in [0, 0.1) is 6.92 Å². The maximum atomic E-state index is 4.53. The predicted molar refractivity (Wildman–Crippen MR) is 50.0 cm³/mol. The minimum Gasteiger partial charge on any atom is -0.329 e. The Balaban J connectivity index is 2.56. The van der Waals surface area contributed by atoms with Gasteiger partial charge in [0.25, 0.3) is 0 Å². The number of rotatable bonds is 1. The number of allylic oxidation sites excluding steroid dienone is 1. The van der Waals surface area contributed by atoms with Gasteiger partial charge in [-0.15, -0.1) is 0 Å². The zero-order valence-electron chi connectivity index (χ0n) is 7.67. The Kier molecular flexibility index (Phi) is 1.75. The Morgan fingerprint density at radius 3 is 3.17 bits per heavy atom. The first-order valence-corrected chi connectivity index (χ1v) is 4.55. The van der Waals surface area contributed by atoms with Gasteiger partial charge in [-0.05, 0) is 32.8 Å². The molecule has 0 bridgehead atoms. The summed E-state index contributed by atoms with van der Waals surface area (Å²) >= 11 is 0. The van der Waals surface area contributed by atoms with Gasteiger partial charge in [-0.25, -0.2) is 4.98 Å². The Morgan fingerprint density at radius 1 is 1.58 bits per heavy atom. The van der Waals surface area contributed by atoms with E-state index in [9.17, 15) is 0 Å². The molecule has 1 aromatic heterocycles. The van der Waals surface area contributed by atoms with Gasteiger partial charge >= 0.3 is 0 Å². The molecule has 0 saturated carbocycles. The third kappa shape index (κ3) is 0.986. The highest BCUT2D eigenvalue weighted by atomic mass is 15.1. The first-order chi connectivity index (χ1) is 5.83. The maximum Gasteiger partial charge on any atom is 0.106 e. The molecule has 0 fully saturated rings. The van der Waals surface area contributed by atoms with E-state index in [4.69, 9.17) is 0 Å². The SMILES string of the molecule is CCn1c(C)nc2c1C=CCC2. The van der Waals surface area contributed by atoms with Crippen molar-refractivity contribution >= 4 is 6.08 Å². The normalized spacial score (nSPS) is 14.8. The number of hydrogen-bond acceptors (Lipinski definition) is 1. The van der Waals surface area contributed by atoms with Crippen LogP contribution in [0.5, 0.6) is 0 Å². The van der Waals surface area contributed by atoms with Crippen molar-refractivity contribution in [1.82, 2.24) is 9.55 Å². The molecule has 0 saturated heterocycles. The molecule has 1 aliphatic carbocycles. The fraction of sp³-hybridized carbons (Fsp3) is 0.500. The molecule has 0 N–H and O–H groups in total. The predicted octanol–water partition coefficient (Wildman–Crippen LogP) is 2.17. The number of hydrogen-bond donors (Lipinski definition) is 0. The highest BCUT2D eigenvalue weighted by Crippen LogP contribution is 2.19. The molecule has 2 nitrogen and oxygen atoms in total. The van der Waals surface area contributed by atoms with Gasteiger partial charge in [0.2, 0.25) is 0 Å². The Morgan fingerprint density at radius 2 is 2.42 bits per heavy atom. The van der Waals surface area contributed by atoms with Crippen LogP contribution in [-0.2, 0) is 13.0 Å². The minimum absolute atomic E-state index is 1.03. The summed E-state index contributed by atoms with van der Waals surface area (Å²) in [5.74, 6) is 1.15. The van der Waals surface area contributed by atoms with Gasteiger partial charge in [0.15, 0.2) is 0 Å². The van der Waals surface area contributed by atoms with Crippen LogP contribution in [0.25, 0.3) is 6.08 Å². The molecule has 1 aromatic rings. The third-order valence-electron chi connectivity index (χ3n) is 2.41. The highest BCUT2D eigenvalue weighted by molar-refractivity contribution is 5.51. The van der Waals surface area contributed by atoms with Crippen LogP contribution in [0.2, 0.25) is 0 Å². The molecular weight excluding hydrogens is 148 g/mol. The average molecular weight is 162 g/mol. The van der Waals surface area contributed by atoms with Gasteiger partial charge in [-0.2, -0.15) is 0 Å². The van der Waals surface area contributed by atoms with Crippen LogP contribution in [0.15, 0.2) is 6.08 Å². The molecule has 2 rings (SSSR count). The van der Waals surface area contributed by atoms with Crippen LogP contribution >= 0.6 is 0 Å². The minimum atomic E-state index is 1.03. The number of nitrogens with zero attached hydrogens (tertiary/aromatic N) is 2. The van der Waals surface area contributed by atoms with Crippen LogP contribution in [-0.4, -0.2) is 9.55 Å². The fourth-order valence-corrected chi connectivity index (χ4v) is 1.83. The van der Waals surface area contributed by atoms with Crippen LogP contribution in [0.3, 0.4) is 0 Å². The molecule has 0 amide bonds. The Hall–Kier alpha value is -1.05. The number of imidazole rings is 1. The van der Waals surface area contributed by atoms with Gasteiger partial charge in [0.1, 0.15) is 5.82 Å². The van der Waals surface area contributed by atoms with E-state index >= 15 is 0 Å². The standard InChI is InChI=1S/C10H14N2/c1-3-12-8(2)11-9-6-4-5-7-10(9)12/h5,7H,3-4,6H2,1-2H3. The number of aryl methyl sites for hydroxylation is 2. The summed E-state index contributed by atoms with van der Waals surface area (Å²) in [6.07, 6.45) is 6.69. The van der Waals surface area contributed by atoms with Gasteiger partial charge in [0.05, 0.1) is 11.4 Å². The van der Waals surface area contributed by atoms with E-state index in [-0.39, 0.29) is 0 Å². The number of aromatic nitrogens is 2. The van der Waals surface area contributed by atoms with E-state index in [2.05, 4.69) is 35.6 Å². The number of fused-ring (bicyclic) bond motifs is 1. The summed E-state index contributed by atoms with van der Waals surface area (Å²) in [6, 6.07) is 0. The lowest BCUT2D eigenvalue weighted by atomic mass is 10.1. The van der Waals surface area contributed by atoms with Gasteiger partial charge in [-0.1, -0.05) is 6.08 Å². The van der Waals surface area contributed by atoms with Crippen molar-refractivity contribution in [2.45, 2.75) is 33.2 Å². The van der Waals surface area contributed by atoms with Crippen molar-refractivity contribution in [1.29, 1.82) is 0 Å². The van der Waals surface area contributed by atoms with E-state index in [0.29, 0.717) is 0 Å². The second-order valence-electron chi connectivity index (χ2n) is 3.18. The van der Waals surface area contributed by atoms with Crippen molar-refractivity contribution in [3.8, 4) is 0 Å². The molecule has 0 spiro atoms. The monoisotopic (exact) mass is 162 g/mol. The second-order valence-corrected chi connectivity index (χ2v) is 3.18. The van der Waals surface area contributed by atoms with E-state index in [1.54, 1.807) is 0 Å². The van der Waals surface area contributed by atoms with E-state index in [0.717, 1.165) is 25.2 Å². The molecule has 0 radical (unpaired) electrons. The summed E-state index contributed by atoms with van der Waals surface area (Å²) < 4.78 is 2.27. The first-order valence-electron chi connectivity index (χ1n) is 4.55. The van der Waals surface area contributed by atoms with Gasteiger partial charge in [0, 0.05) is 6.54 Å². The molecule has 0 unspecified atom stereocenters. The first kappa shape index (κ1) is 7.59. The van der Waals surface area contributed by atoms with Crippen molar-refractivity contribution in [2.75, 3.05) is 0 Å². The molecular formula is C10H14N2. The Labute approximate surface area is 72.9 Å². The maximum absolute atomic E-state index is 4.53. The summed E-state index contributed by atoms with van der Waals surface area (Å²) in [5, 5.41) is 0. The lowest BCUT2D eigenvalue weighted by Crippen LogP contribution is -2.01.